The van der Waals surface area contributed by atoms with Gasteiger partial charge in [-0.25, -0.2) is 18.7 Å². The van der Waals surface area contributed by atoms with Crippen molar-refractivity contribution in [2.24, 2.45) is 0 Å². The second kappa shape index (κ2) is 49.1. The zero-order valence-corrected chi connectivity index (χ0v) is 56.7. The Hall–Kier alpha value is -4.48. The zero-order valence-electron chi connectivity index (χ0n) is 54.9. The number of benzene rings is 1. The number of hydrogen-bond donors (Lipinski definition) is 5. The van der Waals surface area contributed by atoms with Crippen LogP contribution < -0.4 is 22.6 Å². The van der Waals surface area contributed by atoms with Crippen LogP contribution in [0.3, 0.4) is 0 Å². The van der Waals surface area contributed by atoms with E-state index in [9.17, 15) is 32.4 Å². The first-order chi connectivity index (χ1) is 44.3. The Bertz CT molecular complexity index is 2850. The van der Waals surface area contributed by atoms with Crippen molar-refractivity contribution in [2.45, 2.75) is 251 Å². The molecule has 0 aliphatic carbocycles. The Balaban J connectivity index is 0.000000393. The molecule has 0 spiro atoms. The van der Waals surface area contributed by atoms with Gasteiger partial charge in [-0.05, 0) is 18.4 Å². The third-order valence-electron chi connectivity index (χ3n) is 15.7. The summed E-state index contributed by atoms with van der Waals surface area (Å²) in [5.41, 5.74) is 11.5. The number of nitrogen functional groups attached to an aromatic ring is 2. The maximum atomic E-state index is 14.0. The lowest BCUT2D eigenvalue weighted by Crippen LogP contribution is -2.24. The quantitative estimate of drug-likeness (QED) is 0.0178. The van der Waals surface area contributed by atoms with E-state index in [1.165, 1.54) is 202 Å². The number of imidazole rings is 2. The lowest BCUT2D eigenvalue weighted by atomic mass is 10.0. The predicted molar refractivity (Wildman–Crippen MR) is 358 cm³/mol. The number of alkyl halides is 2. The molecule has 518 valence electrons. The van der Waals surface area contributed by atoms with E-state index in [2.05, 4.69) is 43.8 Å². The van der Waals surface area contributed by atoms with Gasteiger partial charge >= 0.3 is 15.2 Å². The molecule has 7 N–H and O–H groups in total. The van der Waals surface area contributed by atoms with Crippen LogP contribution in [-0.4, -0.2) is 122 Å². The van der Waals surface area contributed by atoms with E-state index in [-0.39, 0.29) is 80.3 Å². The molecule has 5 aromatic rings. The van der Waals surface area contributed by atoms with E-state index in [4.69, 9.17) is 44.0 Å². The van der Waals surface area contributed by atoms with Gasteiger partial charge in [0.15, 0.2) is 22.3 Å². The van der Waals surface area contributed by atoms with Crippen molar-refractivity contribution in [2.75, 3.05) is 77.2 Å². The molecule has 0 saturated carbocycles. The minimum Gasteiger partial charge on any atom is -0.379 e. The molecule has 2 unspecified atom stereocenters. The SMILES string of the molecule is CCCCCCCCCCCCCCCCCCOCCOP(=O)(CO[C@H](CF)Cn1cnc2c(=O)[nH]c(N)nc21)OCc1ccccc1.CCCCCCCCCCCCCCCCCCOCCOP(=O)(O)CO[C@H](CF)Cn1cnc2c(=O)[nH]c(N)nc21. The molecule has 0 bridgehead atoms. The van der Waals surface area contributed by atoms with Crippen LogP contribution in [0.4, 0.5) is 20.7 Å². The fourth-order valence-corrected chi connectivity index (χ4v) is 12.6. The number of unbranched alkanes of at least 4 members (excludes halogenated alkanes) is 30. The summed E-state index contributed by atoms with van der Waals surface area (Å²) in [5.74, 6) is -0.182. The van der Waals surface area contributed by atoms with Gasteiger partial charge in [0.25, 0.3) is 11.1 Å². The highest BCUT2D eigenvalue weighted by molar-refractivity contribution is 7.53. The second-order valence-electron chi connectivity index (χ2n) is 23.7. The van der Waals surface area contributed by atoms with Crippen LogP contribution in [0, 0.1) is 0 Å². The number of nitrogens with zero attached hydrogens (tertiary/aromatic N) is 6. The second-order valence-corrected chi connectivity index (χ2v) is 27.5. The first-order valence-corrected chi connectivity index (χ1v) is 37.6. The highest BCUT2D eigenvalue weighted by Gasteiger charge is 2.29. The molecular weight excluding hydrogens is 1210 g/mol. The number of hydrogen-bond acceptors (Lipinski definition) is 17. The number of H-pyrrole nitrogens is 2. The minimum atomic E-state index is -4.09. The van der Waals surface area contributed by atoms with E-state index in [0.29, 0.717) is 13.2 Å². The summed E-state index contributed by atoms with van der Waals surface area (Å²) in [6, 6.07) is 9.28. The minimum absolute atomic E-state index is 0.0377. The molecule has 0 radical (unpaired) electrons. The largest absolute Gasteiger partial charge is 0.379 e. The van der Waals surface area contributed by atoms with Crippen LogP contribution in [0.5, 0.6) is 0 Å². The Morgan fingerprint density at radius 1 is 0.495 bits per heavy atom. The van der Waals surface area contributed by atoms with Crippen LogP contribution in [0.15, 0.2) is 52.6 Å². The zero-order chi connectivity index (χ0) is 65.5. The lowest BCUT2D eigenvalue weighted by Gasteiger charge is -2.22. The highest BCUT2D eigenvalue weighted by atomic mass is 31.2. The van der Waals surface area contributed by atoms with E-state index in [1.54, 1.807) is 0 Å². The number of nitrogens with one attached hydrogen (secondary N) is 2. The normalized spacial score (nSPS) is 13.8. The molecule has 0 fully saturated rings. The molecule has 4 heterocycles. The summed E-state index contributed by atoms with van der Waals surface area (Å²) in [5, 5.41) is 0. The maximum absolute atomic E-state index is 14.0. The van der Waals surface area contributed by atoms with Gasteiger partial charge in [-0.3, -0.25) is 28.7 Å². The van der Waals surface area contributed by atoms with Crippen molar-refractivity contribution in [1.82, 2.24) is 39.0 Å². The molecule has 0 aliphatic rings. The molecule has 1 aromatic carbocycles. The molecule has 0 aliphatic heterocycles. The Labute approximate surface area is 539 Å². The van der Waals surface area contributed by atoms with Crippen molar-refractivity contribution < 1.29 is 55.3 Å². The molecule has 4 atom stereocenters. The van der Waals surface area contributed by atoms with E-state index in [1.807, 2.05) is 30.3 Å². The number of ether oxygens (including phenoxy) is 4. The molecule has 0 amide bonds. The standard InChI is InChI=1S/C36H59FN5O6P.C29H53FN5O6P/c1-2-3-4-5-6-7-8-9-10-11-12-13-14-15-16-20-23-45-24-25-47-49(44,48-28-31-21-18-17-19-22-31)30-46-32(26-37)27-42-29-39-33-34(42)40-36(38)41-35(33)43;1-2-3-4-5-6-7-8-9-10-11-12-13-14-15-16-17-18-39-19-20-41-42(37,38)24-40-25(21-30)22-35-23-32-26-27(35)33-29(31)34-28(26)36/h17-19,21-22,29,32H,2-16,20,23-28,30H2,1H3,(H3,38,40,41,43);23,25H,2-22,24H2,1H3,(H,37,38)(H3,31,33,34,36)/t32-,49?;25-/m11/s1. The topological polar surface area (TPSA) is 298 Å². The van der Waals surface area contributed by atoms with Crippen molar-refractivity contribution in [3.05, 3.63) is 69.3 Å². The maximum Gasteiger partial charge on any atom is 0.356 e. The Morgan fingerprint density at radius 2 is 0.857 bits per heavy atom. The average molecular weight is 1330 g/mol. The average Bonchev–Trinajstić information content (AvgIpc) is 1.74. The van der Waals surface area contributed by atoms with Gasteiger partial charge in [0.2, 0.25) is 11.9 Å². The van der Waals surface area contributed by atoms with E-state index >= 15 is 0 Å². The molecule has 4 aromatic heterocycles. The Kier molecular flexibility index (Phi) is 42.6. The van der Waals surface area contributed by atoms with Crippen LogP contribution in [0.2, 0.25) is 0 Å². The van der Waals surface area contributed by atoms with Crippen molar-refractivity contribution in [3.8, 4) is 0 Å². The Morgan fingerprint density at radius 3 is 1.24 bits per heavy atom. The van der Waals surface area contributed by atoms with Crippen LogP contribution in [0.25, 0.3) is 22.3 Å². The van der Waals surface area contributed by atoms with Crippen LogP contribution in [-0.2, 0) is 61.3 Å². The van der Waals surface area contributed by atoms with Gasteiger partial charge in [0.05, 0.1) is 58.8 Å². The summed E-state index contributed by atoms with van der Waals surface area (Å²) < 4.78 is 95.0. The summed E-state index contributed by atoms with van der Waals surface area (Å²) >= 11 is 0. The lowest BCUT2D eigenvalue weighted by molar-refractivity contribution is 0.0319. The van der Waals surface area contributed by atoms with Gasteiger partial charge in [0, 0.05) is 13.2 Å². The number of rotatable bonds is 57. The summed E-state index contributed by atoms with van der Waals surface area (Å²) in [4.78, 5) is 54.8. The molecule has 91 heavy (non-hydrogen) atoms. The number of aromatic nitrogens is 8. The monoisotopic (exact) mass is 1320 g/mol. The van der Waals surface area contributed by atoms with E-state index < -0.39 is 64.6 Å². The number of halogens is 2. The molecule has 26 heteroatoms. The van der Waals surface area contributed by atoms with Crippen molar-refractivity contribution >= 4 is 49.4 Å². The van der Waals surface area contributed by atoms with E-state index in [0.717, 1.165) is 31.2 Å². The highest BCUT2D eigenvalue weighted by Crippen LogP contribution is 2.49. The smallest absolute Gasteiger partial charge is 0.356 e. The number of fused-ring (bicyclic) bond motifs is 2. The molecule has 22 nitrogen and oxygen atoms in total. The molecule has 0 saturated heterocycles. The summed E-state index contributed by atoms with van der Waals surface area (Å²) in [7, 11) is -7.88. The number of nitrogens with two attached hydrogens (primary N) is 2. The fourth-order valence-electron chi connectivity index (χ4n) is 10.4. The third-order valence-corrected chi connectivity index (χ3v) is 18.3. The summed E-state index contributed by atoms with van der Waals surface area (Å²) in [6.45, 7) is 4.26. The number of anilines is 2. The number of aromatic amines is 2. The molecule has 5 rings (SSSR count). The van der Waals surface area contributed by atoms with Crippen LogP contribution >= 0.6 is 15.2 Å². The van der Waals surface area contributed by atoms with Gasteiger partial charge < -0.3 is 58.0 Å². The van der Waals surface area contributed by atoms with Crippen molar-refractivity contribution in [3.63, 3.8) is 0 Å². The first-order valence-electron chi connectivity index (χ1n) is 34.1. The van der Waals surface area contributed by atoms with Gasteiger partial charge in [-0.1, -0.05) is 237 Å². The third kappa shape index (κ3) is 35.6. The van der Waals surface area contributed by atoms with Gasteiger partial charge in [0.1, 0.15) is 38.3 Å². The van der Waals surface area contributed by atoms with Crippen LogP contribution in [0.1, 0.15) is 225 Å². The predicted octanol–water partition coefficient (Wildman–Crippen LogP) is 15.2. The van der Waals surface area contributed by atoms with Gasteiger partial charge in [-0.15, -0.1) is 0 Å². The molecular formula is C65H112F2N10O12P2. The van der Waals surface area contributed by atoms with Crippen molar-refractivity contribution in [1.29, 1.82) is 0 Å². The first kappa shape index (κ1) is 79.0. The van der Waals surface area contributed by atoms with Gasteiger partial charge in [-0.2, -0.15) is 9.97 Å². The summed E-state index contributed by atoms with van der Waals surface area (Å²) in [6.07, 6.45) is 41.4. The fraction of sp³-hybridized carbons (Fsp3) is 0.754.